The van der Waals surface area contributed by atoms with E-state index in [9.17, 15) is 0 Å². The predicted molar refractivity (Wildman–Crippen MR) is 544 cm³/mol. The first kappa shape index (κ1) is 78.5. The van der Waals surface area contributed by atoms with Crippen LogP contribution in [0.1, 0.15) is 32.4 Å². The number of nitrogens with one attached hydrogen (secondary N) is 4. The van der Waals surface area contributed by atoms with Gasteiger partial charge in [0.25, 0.3) is 0 Å². The van der Waals surface area contributed by atoms with Gasteiger partial charge < -0.3 is 34.5 Å². The average molecular weight is 1670 g/mol. The van der Waals surface area contributed by atoms with Gasteiger partial charge in [0.2, 0.25) is 0 Å². The zero-order valence-corrected chi connectivity index (χ0v) is 70.7. The molecule has 7 nitrogen and oxygen atoms in total. The summed E-state index contributed by atoms with van der Waals surface area (Å²) in [7, 11) is 0. The van der Waals surface area contributed by atoms with Gasteiger partial charge in [0.15, 0.2) is 0 Å². The second-order valence-electron chi connectivity index (χ2n) is 32.4. The minimum absolute atomic E-state index is 0. The molecule has 0 atom stereocenters. The van der Waals surface area contributed by atoms with Gasteiger partial charge >= 0.3 is 0 Å². The van der Waals surface area contributed by atoms with E-state index in [2.05, 4.69) is 399 Å². The molecule has 0 bridgehead atoms. The van der Waals surface area contributed by atoms with Gasteiger partial charge in [-0.15, -0.1) is 22.7 Å². The number of furan rings is 3. The summed E-state index contributed by atoms with van der Waals surface area (Å²) in [6, 6.07) is 153. The number of hydrogen-bond acceptors (Lipinski definition) is 9. The topological polar surface area (TPSA) is 87.5 Å². The summed E-state index contributed by atoms with van der Waals surface area (Å²) in [5, 5.41) is 26.7. The normalized spacial score (nSPS) is 11.9. The van der Waals surface area contributed by atoms with Gasteiger partial charge in [-0.25, -0.2) is 0 Å². The van der Waals surface area contributed by atoms with Crippen LogP contribution in [-0.2, 0) is 5.41 Å². The molecule has 0 fully saturated rings. The molecule has 0 saturated heterocycles. The van der Waals surface area contributed by atoms with Gasteiger partial charge in [0.05, 0.1) is 11.1 Å². The Morgan fingerprint density at radius 3 is 1.38 bits per heavy atom. The molecule has 127 heavy (non-hydrogen) atoms. The van der Waals surface area contributed by atoms with Crippen molar-refractivity contribution in [2.75, 3.05) is 21.3 Å². The molecule has 1 aliphatic carbocycles. The Bertz CT molecular complexity index is 8180. The van der Waals surface area contributed by atoms with Crippen LogP contribution in [-0.4, -0.2) is 0 Å². The van der Waals surface area contributed by atoms with E-state index in [-0.39, 0.29) is 12.8 Å². The smallest absolute Gasteiger partial charge is 0.143 e. The van der Waals surface area contributed by atoms with Crippen LogP contribution in [0.5, 0.6) is 0 Å². The zero-order chi connectivity index (χ0) is 84.0. The summed E-state index contributed by atoms with van der Waals surface area (Å²) in [6.07, 6.45) is 0. The molecule has 24 aromatic rings. The maximum atomic E-state index is 6.35. The van der Waals surface area contributed by atoms with E-state index >= 15 is 0 Å². The van der Waals surface area contributed by atoms with Gasteiger partial charge in [-0.3, -0.25) is 0 Å². The number of fused-ring (bicyclic) bond motifs is 18. The highest BCUT2D eigenvalue weighted by molar-refractivity contribution is 7.26. The maximum absolute atomic E-state index is 6.35. The van der Waals surface area contributed by atoms with Crippen LogP contribution in [0.2, 0.25) is 0 Å². The van der Waals surface area contributed by atoms with Gasteiger partial charge in [-0.1, -0.05) is 337 Å². The summed E-state index contributed by atoms with van der Waals surface area (Å²) in [6.45, 7) is 4.67. The van der Waals surface area contributed by atoms with Crippen molar-refractivity contribution in [3.8, 4) is 66.8 Å². The van der Waals surface area contributed by atoms with Crippen LogP contribution in [0.4, 0.5) is 45.5 Å². The van der Waals surface area contributed by atoms with E-state index in [1.54, 1.807) is 0 Å². The SMILES string of the molecule is C.CC1(C)c2ccccc2-c2ccc(Nc3cc4c(cc3-c3ccccc3)sc3ccccc34)cc21.c1ccc(-c2cc(Nc3cccc(-c4cccc5c4oc4ccccc45)c3)cc3c2oc2ccccc23)cc1.c1ccc(Nc2cc(-c3ccccc3)cc3oc4ccccc4c23)cc1.c1ccc(Nc2ccc3c(sc4ccccc43)c2-c2ccccc2)cc1. The lowest BCUT2D eigenvalue weighted by atomic mass is 9.82. The van der Waals surface area contributed by atoms with Gasteiger partial charge in [-0.05, 0) is 177 Å². The largest absolute Gasteiger partial charge is 0.456 e. The number of benzene rings is 19. The molecule has 9 heteroatoms. The van der Waals surface area contributed by atoms with Gasteiger partial charge in [-0.2, -0.15) is 0 Å². The number of rotatable bonds is 13. The van der Waals surface area contributed by atoms with Crippen molar-refractivity contribution in [1.82, 2.24) is 0 Å². The Balaban J connectivity index is 0.000000104. The summed E-state index contributed by atoms with van der Waals surface area (Å²) in [5.74, 6) is 0. The van der Waals surface area contributed by atoms with Crippen molar-refractivity contribution in [2.45, 2.75) is 26.7 Å². The third kappa shape index (κ3) is 15.1. The van der Waals surface area contributed by atoms with Crippen molar-refractivity contribution in [3.63, 3.8) is 0 Å². The maximum Gasteiger partial charge on any atom is 0.143 e. The lowest BCUT2D eigenvalue weighted by molar-refractivity contribution is 0.660. The first-order valence-electron chi connectivity index (χ1n) is 42.6. The van der Waals surface area contributed by atoms with E-state index in [0.29, 0.717) is 0 Å². The molecule has 1 aliphatic rings. The standard InChI is InChI=1S/C36H23NO2.C33H25NS.C24H17NO.C24H17NS.CH4/c1-2-10-23(11-3-1)31-21-26(22-32-29-15-5-7-19-34(29)39-36(31)32)37-25-13-8-12-24(20-25)27-16-9-17-30-28-14-4-6-18-33(28)38-35(27)30;1-33(2)28-14-8-6-12-23(28)24-17-16-22(18-29(24)33)34-30-19-27-25-13-7-9-15-31(25)35-32(27)20-26(30)21-10-4-3-5-11-21;1-3-9-17(10-4-1)18-15-21(25-19-11-5-2-6-12-19)24-20-13-7-8-14-22(20)26-23(24)16-18;1-3-9-17(10-4-1)23-21(25-18-11-5-2-6-12-18)16-15-20-19-13-7-8-14-22(19)26-24(20)23;/h1-22,37H;3-20,34H,1-2H3;2*1-16,25H;1H4. The summed E-state index contributed by atoms with van der Waals surface area (Å²) < 4.78 is 24.1. The minimum Gasteiger partial charge on any atom is -0.456 e. The average Bonchev–Trinajstić information content (AvgIpc) is 1.58. The van der Waals surface area contributed by atoms with E-state index in [1.807, 2.05) is 95.5 Å². The van der Waals surface area contributed by atoms with Crippen LogP contribution < -0.4 is 21.3 Å². The molecule has 25 rings (SSSR count). The molecule has 608 valence electrons. The fourth-order valence-electron chi connectivity index (χ4n) is 18.2. The van der Waals surface area contributed by atoms with Crippen molar-refractivity contribution < 1.29 is 13.3 Å². The molecule has 0 spiro atoms. The Morgan fingerprint density at radius 1 is 0.220 bits per heavy atom. The van der Waals surface area contributed by atoms with E-state index in [1.165, 1.54) is 90.4 Å². The number of para-hydroxylation sites is 6. The summed E-state index contributed by atoms with van der Waals surface area (Å²) >= 11 is 3.73. The highest BCUT2D eigenvalue weighted by Gasteiger charge is 2.35. The quantitative estimate of drug-likeness (QED) is 0.0915. The van der Waals surface area contributed by atoms with Crippen molar-refractivity contribution in [2.24, 2.45) is 0 Å². The van der Waals surface area contributed by atoms with Crippen LogP contribution in [0.25, 0.3) is 173 Å². The van der Waals surface area contributed by atoms with E-state index in [0.717, 1.165) is 139 Å². The number of thiophene rings is 2. The van der Waals surface area contributed by atoms with Crippen LogP contribution in [0.3, 0.4) is 0 Å². The third-order valence-corrected chi connectivity index (χ3v) is 26.5. The second-order valence-corrected chi connectivity index (χ2v) is 34.6. The van der Waals surface area contributed by atoms with Crippen LogP contribution >= 0.6 is 22.7 Å². The molecule has 5 aromatic heterocycles. The summed E-state index contributed by atoms with van der Waals surface area (Å²) in [5.41, 5.74) is 31.2. The zero-order valence-electron chi connectivity index (χ0n) is 69.1. The van der Waals surface area contributed by atoms with Crippen molar-refractivity contribution in [1.29, 1.82) is 0 Å². The Morgan fingerprint density at radius 2 is 0.701 bits per heavy atom. The lowest BCUT2D eigenvalue weighted by Crippen LogP contribution is -2.15. The molecular formula is C118H86N4O3S2. The lowest BCUT2D eigenvalue weighted by Gasteiger charge is -2.22. The third-order valence-electron chi connectivity index (χ3n) is 24.2. The minimum atomic E-state index is -0.0145. The molecule has 0 radical (unpaired) electrons. The first-order valence-corrected chi connectivity index (χ1v) is 44.3. The Hall–Kier alpha value is -15.8. The molecular weight excluding hydrogens is 1590 g/mol. The molecule has 0 unspecified atom stereocenters. The molecule has 19 aromatic carbocycles. The highest BCUT2D eigenvalue weighted by Crippen LogP contribution is 2.52. The predicted octanol–water partition coefficient (Wildman–Crippen LogP) is 35.4. The Labute approximate surface area is 744 Å². The molecule has 0 amide bonds. The monoisotopic (exact) mass is 1670 g/mol. The molecule has 0 aliphatic heterocycles. The van der Waals surface area contributed by atoms with Gasteiger partial charge in [0.1, 0.15) is 33.5 Å². The second kappa shape index (κ2) is 33.8. The molecule has 0 saturated carbocycles. The van der Waals surface area contributed by atoms with Crippen LogP contribution in [0, 0.1) is 0 Å². The molecule has 5 heterocycles. The first-order chi connectivity index (χ1) is 62.2. The van der Waals surface area contributed by atoms with Gasteiger partial charge in [0, 0.05) is 135 Å². The van der Waals surface area contributed by atoms with Crippen LogP contribution in [0.15, 0.2) is 450 Å². The number of anilines is 8. The molecule has 4 N–H and O–H groups in total. The fourth-order valence-corrected chi connectivity index (χ4v) is 20.6. The fraction of sp³-hybridized carbons (Fsp3) is 0.0339. The Kier molecular flexibility index (Phi) is 20.9. The van der Waals surface area contributed by atoms with Crippen molar-refractivity contribution >= 4 is 174 Å². The summed E-state index contributed by atoms with van der Waals surface area (Å²) in [4.78, 5) is 0. The van der Waals surface area contributed by atoms with Crippen molar-refractivity contribution in [3.05, 3.63) is 448 Å². The van der Waals surface area contributed by atoms with E-state index < -0.39 is 0 Å². The van der Waals surface area contributed by atoms with E-state index in [4.69, 9.17) is 13.3 Å². The number of hydrogen-bond donors (Lipinski definition) is 4. The highest BCUT2D eigenvalue weighted by atomic mass is 32.1.